The Morgan fingerprint density at radius 3 is 2.85 bits per heavy atom. The number of carbonyl (C=O) groups is 1. The first-order chi connectivity index (χ1) is 9.74. The van der Waals surface area contributed by atoms with Crippen molar-refractivity contribution in [1.82, 2.24) is 9.88 Å². The Kier molecular flexibility index (Phi) is 3.83. The van der Waals surface area contributed by atoms with Gasteiger partial charge in [0, 0.05) is 17.6 Å². The van der Waals surface area contributed by atoms with Crippen LogP contribution in [0.5, 0.6) is 0 Å². The Morgan fingerprint density at radius 1 is 1.40 bits per heavy atom. The molecule has 0 N–H and O–H groups in total. The van der Waals surface area contributed by atoms with Gasteiger partial charge in [-0.05, 0) is 30.9 Å². The lowest BCUT2D eigenvalue weighted by atomic mass is 10.1. The van der Waals surface area contributed by atoms with Crippen molar-refractivity contribution in [3.63, 3.8) is 0 Å². The van der Waals surface area contributed by atoms with Gasteiger partial charge in [0.05, 0.1) is 13.0 Å². The number of nitrogens with zero attached hydrogens (tertiary/aromatic N) is 2. The first kappa shape index (κ1) is 13.3. The number of benzene rings is 1. The van der Waals surface area contributed by atoms with Crippen LogP contribution < -0.4 is 0 Å². The van der Waals surface area contributed by atoms with Crippen LogP contribution in [0.3, 0.4) is 0 Å². The Labute approximate surface area is 123 Å². The Bertz CT molecular complexity index is 590. The largest absolute Gasteiger partial charge is 0.333 e. The number of carbonyl (C=O) groups excluding carboxylic acids is 1. The molecule has 0 aliphatic heterocycles. The van der Waals surface area contributed by atoms with Crippen molar-refractivity contribution in [3.05, 3.63) is 52.0 Å². The van der Waals surface area contributed by atoms with Gasteiger partial charge < -0.3 is 4.90 Å². The molecule has 4 heteroatoms. The van der Waals surface area contributed by atoms with Crippen LogP contribution in [-0.2, 0) is 17.8 Å². The molecule has 1 heterocycles. The number of aromatic nitrogens is 1. The highest BCUT2D eigenvalue weighted by molar-refractivity contribution is 7.09. The van der Waals surface area contributed by atoms with E-state index in [9.17, 15) is 4.79 Å². The molecule has 0 bridgehead atoms. The predicted molar refractivity (Wildman–Crippen MR) is 80.6 cm³/mol. The van der Waals surface area contributed by atoms with E-state index in [2.05, 4.69) is 18.0 Å². The van der Waals surface area contributed by atoms with Crippen LogP contribution >= 0.6 is 11.3 Å². The molecule has 1 fully saturated rings. The van der Waals surface area contributed by atoms with Gasteiger partial charge in [0.2, 0.25) is 5.91 Å². The zero-order valence-electron chi connectivity index (χ0n) is 11.6. The van der Waals surface area contributed by atoms with E-state index < -0.39 is 0 Å². The van der Waals surface area contributed by atoms with Crippen LogP contribution in [0.4, 0.5) is 0 Å². The summed E-state index contributed by atoms with van der Waals surface area (Å²) in [4.78, 5) is 18.9. The molecule has 3 nitrogen and oxygen atoms in total. The first-order valence-electron chi connectivity index (χ1n) is 6.96. The lowest BCUT2D eigenvalue weighted by molar-refractivity contribution is -0.131. The molecule has 1 saturated carbocycles. The summed E-state index contributed by atoms with van der Waals surface area (Å²) in [7, 11) is 0. The summed E-state index contributed by atoms with van der Waals surface area (Å²) in [5.41, 5.74) is 2.31. The molecule has 104 valence electrons. The smallest absolute Gasteiger partial charge is 0.227 e. The van der Waals surface area contributed by atoms with E-state index in [-0.39, 0.29) is 5.91 Å². The van der Waals surface area contributed by atoms with Crippen LogP contribution in [0.2, 0.25) is 0 Å². The van der Waals surface area contributed by atoms with Gasteiger partial charge >= 0.3 is 0 Å². The molecular formula is C16H18N2OS. The van der Waals surface area contributed by atoms with E-state index in [1.807, 2.05) is 28.5 Å². The minimum Gasteiger partial charge on any atom is -0.333 e. The summed E-state index contributed by atoms with van der Waals surface area (Å²) >= 11 is 1.62. The van der Waals surface area contributed by atoms with E-state index in [1.54, 1.807) is 17.5 Å². The van der Waals surface area contributed by atoms with Gasteiger partial charge in [-0.3, -0.25) is 4.79 Å². The monoisotopic (exact) mass is 286 g/mol. The number of hydrogen-bond acceptors (Lipinski definition) is 3. The Balaban J connectivity index is 1.71. The summed E-state index contributed by atoms with van der Waals surface area (Å²) in [6.45, 7) is 2.72. The maximum absolute atomic E-state index is 12.6. The van der Waals surface area contributed by atoms with Gasteiger partial charge in [-0.2, -0.15) is 0 Å². The number of hydrogen-bond donors (Lipinski definition) is 0. The van der Waals surface area contributed by atoms with Gasteiger partial charge in [0.1, 0.15) is 5.01 Å². The number of rotatable bonds is 5. The fourth-order valence-corrected chi connectivity index (χ4v) is 2.97. The highest BCUT2D eigenvalue weighted by Crippen LogP contribution is 2.29. The maximum atomic E-state index is 12.6. The molecule has 20 heavy (non-hydrogen) atoms. The van der Waals surface area contributed by atoms with Crippen LogP contribution in [0.1, 0.15) is 29.0 Å². The summed E-state index contributed by atoms with van der Waals surface area (Å²) in [6.07, 6.45) is 4.56. The van der Waals surface area contributed by atoms with Gasteiger partial charge in [-0.1, -0.05) is 24.3 Å². The van der Waals surface area contributed by atoms with Crippen LogP contribution in [0, 0.1) is 6.92 Å². The van der Waals surface area contributed by atoms with Crippen molar-refractivity contribution in [1.29, 1.82) is 0 Å². The molecule has 1 amide bonds. The van der Waals surface area contributed by atoms with Gasteiger partial charge in [0.15, 0.2) is 0 Å². The van der Waals surface area contributed by atoms with E-state index in [0.29, 0.717) is 19.0 Å². The second-order valence-electron chi connectivity index (χ2n) is 5.28. The minimum atomic E-state index is 0.219. The van der Waals surface area contributed by atoms with Crippen molar-refractivity contribution in [3.8, 4) is 0 Å². The molecule has 1 aromatic heterocycles. The average Bonchev–Trinajstić information content (AvgIpc) is 3.15. The van der Waals surface area contributed by atoms with Crippen molar-refractivity contribution in [2.45, 2.75) is 38.8 Å². The third-order valence-corrected chi connectivity index (χ3v) is 4.46. The molecule has 3 rings (SSSR count). The summed E-state index contributed by atoms with van der Waals surface area (Å²) in [5, 5.41) is 2.99. The fourth-order valence-electron chi connectivity index (χ4n) is 2.36. The summed E-state index contributed by atoms with van der Waals surface area (Å²) < 4.78 is 0. The second-order valence-corrected chi connectivity index (χ2v) is 6.26. The van der Waals surface area contributed by atoms with Crippen molar-refractivity contribution in [2.24, 2.45) is 0 Å². The Morgan fingerprint density at radius 2 is 2.20 bits per heavy atom. The molecule has 0 spiro atoms. The van der Waals surface area contributed by atoms with Crippen molar-refractivity contribution < 1.29 is 4.79 Å². The lowest BCUT2D eigenvalue weighted by Gasteiger charge is -2.21. The van der Waals surface area contributed by atoms with Crippen LogP contribution in [0.25, 0.3) is 0 Å². The molecule has 0 unspecified atom stereocenters. The second kappa shape index (κ2) is 5.75. The van der Waals surface area contributed by atoms with Crippen LogP contribution in [-0.4, -0.2) is 21.8 Å². The highest BCUT2D eigenvalue weighted by atomic mass is 32.1. The van der Waals surface area contributed by atoms with Gasteiger partial charge in [-0.15, -0.1) is 11.3 Å². The van der Waals surface area contributed by atoms with Crippen LogP contribution in [0.15, 0.2) is 35.8 Å². The number of amides is 1. The van der Waals surface area contributed by atoms with E-state index in [1.165, 1.54) is 5.56 Å². The lowest BCUT2D eigenvalue weighted by Crippen LogP contribution is -2.33. The molecule has 1 aliphatic carbocycles. The van der Waals surface area contributed by atoms with E-state index in [0.717, 1.165) is 23.4 Å². The summed E-state index contributed by atoms with van der Waals surface area (Å²) in [5.74, 6) is 0.219. The highest BCUT2D eigenvalue weighted by Gasteiger charge is 2.32. The number of thiazole rings is 1. The quantitative estimate of drug-likeness (QED) is 0.845. The molecule has 2 aromatic rings. The SMILES string of the molecule is Cc1ccccc1CC(=O)N(Cc1nccs1)C1CC1. The Hall–Kier alpha value is -1.68. The maximum Gasteiger partial charge on any atom is 0.227 e. The zero-order chi connectivity index (χ0) is 13.9. The summed E-state index contributed by atoms with van der Waals surface area (Å²) in [6, 6.07) is 8.54. The minimum absolute atomic E-state index is 0.219. The van der Waals surface area contributed by atoms with Gasteiger partial charge in [0.25, 0.3) is 0 Å². The predicted octanol–water partition coefficient (Wildman–Crippen LogP) is 3.19. The average molecular weight is 286 g/mol. The van der Waals surface area contributed by atoms with Crippen molar-refractivity contribution in [2.75, 3.05) is 0 Å². The fraction of sp³-hybridized carbons (Fsp3) is 0.375. The molecule has 0 atom stereocenters. The molecule has 1 aliphatic rings. The zero-order valence-corrected chi connectivity index (χ0v) is 12.4. The third kappa shape index (κ3) is 3.07. The van der Waals surface area contributed by atoms with Crippen molar-refractivity contribution >= 4 is 17.2 Å². The number of aryl methyl sites for hydroxylation is 1. The molecule has 1 aromatic carbocycles. The molecular weight excluding hydrogens is 268 g/mol. The third-order valence-electron chi connectivity index (χ3n) is 3.70. The van der Waals surface area contributed by atoms with E-state index in [4.69, 9.17) is 0 Å². The topological polar surface area (TPSA) is 33.2 Å². The molecule has 0 saturated heterocycles. The molecule has 0 radical (unpaired) electrons. The van der Waals surface area contributed by atoms with Gasteiger partial charge in [-0.25, -0.2) is 4.98 Å². The first-order valence-corrected chi connectivity index (χ1v) is 7.84. The normalized spacial score (nSPS) is 14.2. The van der Waals surface area contributed by atoms with E-state index >= 15 is 0 Å². The standard InChI is InChI=1S/C16H18N2OS/c1-12-4-2-3-5-13(12)10-16(19)18(14-6-7-14)11-15-17-8-9-20-15/h2-5,8-9,14H,6-7,10-11H2,1H3.